The van der Waals surface area contributed by atoms with Crippen LogP contribution >= 0.6 is 0 Å². The second-order valence-corrected chi connectivity index (χ2v) is 7.57. The molecule has 1 aromatic heterocycles. The molecule has 0 aliphatic carbocycles. The van der Waals surface area contributed by atoms with E-state index in [9.17, 15) is 8.42 Å². The Balaban J connectivity index is 2.03. The summed E-state index contributed by atoms with van der Waals surface area (Å²) in [5.41, 5.74) is 1.94. The maximum Gasteiger partial charge on any atom is 0.152 e. The molecule has 0 aromatic carbocycles. The molecule has 0 bridgehead atoms. The summed E-state index contributed by atoms with van der Waals surface area (Å²) in [6.07, 6.45) is 3.59. The van der Waals surface area contributed by atoms with Gasteiger partial charge in [-0.2, -0.15) is 5.10 Å². The van der Waals surface area contributed by atoms with E-state index < -0.39 is 9.84 Å². The number of aromatic nitrogens is 2. The molecule has 1 unspecified atom stereocenters. The Hall–Kier alpha value is -0.880. The molecule has 0 saturated carbocycles. The van der Waals surface area contributed by atoms with Gasteiger partial charge in [0.1, 0.15) is 0 Å². The lowest BCUT2D eigenvalue weighted by molar-refractivity contribution is 0.395. The first kappa shape index (κ1) is 13.5. The summed E-state index contributed by atoms with van der Waals surface area (Å²) in [7, 11) is -0.945. The molecule has 5 nitrogen and oxygen atoms in total. The zero-order valence-corrected chi connectivity index (χ0v) is 12.0. The van der Waals surface area contributed by atoms with Crippen molar-refractivity contribution >= 4 is 9.84 Å². The van der Waals surface area contributed by atoms with Crippen LogP contribution < -0.4 is 5.32 Å². The van der Waals surface area contributed by atoms with Crippen molar-refractivity contribution in [3.8, 4) is 0 Å². The van der Waals surface area contributed by atoms with E-state index in [2.05, 4.69) is 17.3 Å². The summed E-state index contributed by atoms with van der Waals surface area (Å²) < 4.78 is 24.9. The van der Waals surface area contributed by atoms with E-state index >= 15 is 0 Å². The second kappa shape index (κ2) is 4.66. The van der Waals surface area contributed by atoms with E-state index in [1.807, 2.05) is 24.9 Å². The smallest absolute Gasteiger partial charge is 0.152 e. The maximum absolute atomic E-state index is 11.5. The molecule has 1 aromatic rings. The summed E-state index contributed by atoms with van der Waals surface area (Å²) >= 11 is 0. The molecule has 1 fully saturated rings. The van der Waals surface area contributed by atoms with E-state index in [0.29, 0.717) is 18.7 Å². The molecule has 0 radical (unpaired) electrons. The fraction of sp³-hybridized carbons (Fsp3) is 0.750. The van der Waals surface area contributed by atoms with Crippen molar-refractivity contribution in [3.05, 3.63) is 17.5 Å². The molecule has 1 atom stereocenters. The largest absolute Gasteiger partial charge is 0.306 e. The standard InChI is InChI=1S/C12H21N3O2S/c1-4-11-10(8-15(3)14-11)7-13-12(2)5-6-18(16,17)9-12/h8,13H,4-7,9H2,1-3H3. The molecule has 1 aliphatic heterocycles. The van der Waals surface area contributed by atoms with Crippen molar-refractivity contribution in [2.24, 2.45) is 7.05 Å². The molecule has 18 heavy (non-hydrogen) atoms. The number of hydrogen-bond donors (Lipinski definition) is 1. The second-order valence-electron chi connectivity index (χ2n) is 5.38. The minimum absolute atomic E-state index is 0.238. The van der Waals surface area contributed by atoms with Crippen LogP contribution in [0.1, 0.15) is 31.5 Å². The van der Waals surface area contributed by atoms with Gasteiger partial charge in [-0.3, -0.25) is 4.68 Å². The van der Waals surface area contributed by atoms with Crippen molar-refractivity contribution in [1.82, 2.24) is 15.1 Å². The minimum atomic E-state index is -2.85. The Bertz CT molecular complexity index is 536. The molecule has 2 heterocycles. The van der Waals surface area contributed by atoms with Crippen molar-refractivity contribution in [2.75, 3.05) is 11.5 Å². The van der Waals surface area contributed by atoms with Gasteiger partial charge in [0.2, 0.25) is 0 Å². The van der Waals surface area contributed by atoms with Gasteiger partial charge in [-0.25, -0.2) is 8.42 Å². The van der Waals surface area contributed by atoms with Gasteiger partial charge in [-0.1, -0.05) is 6.92 Å². The zero-order valence-electron chi connectivity index (χ0n) is 11.2. The fourth-order valence-electron chi connectivity index (χ4n) is 2.49. The predicted molar refractivity (Wildman–Crippen MR) is 71.1 cm³/mol. The summed E-state index contributed by atoms with van der Waals surface area (Å²) in [5, 5.41) is 7.77. The lowest BCUT2D eigenvalue weighted by Crippen LogP contribution is -2.42. The highest BCUT2D eigenvalue weighted by molar-refractivity contribution is 7.91. The first-order valence-corrected chi connectivity index (χ1v) is 8.12. The van der Waals surface area contributed by atoms with Crippen LogP contribution in [-0.2, 0) is 29.9 Å². The molecule has 0 amide bonds. The number of rotatable bonds is 4. The van der Waals surface area contributed by atoms with E-state index in [4.69, 9.17) is 0 Å². The topological polar surface area (TPSA) is 64.0 Å². The molecule has 102 valence electrons. The van der Waals surface area contributed by atoms with Crippen LogP contribution in [0, 0.1) is 0 Å². The van der Waals surface area contributed by atoms with Crippen LogP contribution in [0.2, 0.25) is 0 Å². The van der Waals surface area contributed by atoms with Crippen molar-refractivity contribution < 1.29 is 8.42 Å². The van der Waals surface area contributed by atoms with Gasteiger partial charge in [0.25, 0.3) is 0 Å². The first-order chi connectivity index (χ1) is 8.34. The number of nitrogens with zero attached hydrogens (tertiary/aromatic N) is 2. The molecule has 1 aliphatic rings. The van der Waals surface area contributed by atoms with Crippen molar-refractivity contribution in [3.63, 3.8) is 0 Å². The Labute approximate surface area is 108 Å². The van der Waals surface area contributed by atoms with Crippen molar-refractivity contribution in [1.29, 1.82) is 0 Å². The summed E-state index contributed by atoms with van der Waals surface area (Å²) in [4.78, 5) is 0. The third kappa shape index (κ3) is 2.92. The first-order valence-electron chi connectivity index (χ1n) is 6.30. The lowest BCUT2D eigenvalue weighted by atomic mass is 10.0. The van der Waals surface area contributed by atoms with Gasteiger partial charge >= 0.3 is 0 Å². The zero-order chi connectivity index (χ0) is 13.4. The molecule has 6 heteroatoms. The third-order valence-corrected chi connectivity index (χ3v) is 5.44. The molecular formula is C12H21N3O2S. The fourth-order valence-corrected chi connectivity index (χ4v) is 4.61. The summed E-state index contributed by atoms with van der Waals surface area (Å²) in [5.74, 6) is 0.534. The molecular weight excluding hydrogens is 250 g/mol. The number of nitrogens with one attached hydrogen (secondary N) is 1. The van der Waals surface area contributed by atoms with Crippen LogP contribution in [0.5, 0.6) is 0 Å². The van der Waals surface area contributed by atoms with Crippen LogP contribution in [0.25, 0.3) is 0 Å². The van der Waals surface area contributed by atoms with Gasteiger partial charge < -0.3 is 5.32 Å². The van der Waals surface area contributed by atoms with E-state index in [1.165, 1.54) is 0 Å². The van der Waals surface area contributed by atoms with E-state index in [0.717, 1.165) is 17.7 Å². The molecule has 1 saturated heterocycles. The van der Waals surface area contributed by atoms with Crippen molar-refractivity contribution in [2.45, 2.75) is 38.8 Å². The Morgan fingerprint density at radius 1 is 1.56 bits per heavy atom. The van der Waals surface area contributed by atoms with E-state index in [1.54, 1.807) is 0 Å². The maximum atomic E-state index is 11.5. The lowest BCUT2D eigenvalue weighted by Gasteiger charge is -2.23. The number of aryl methyl sites for hydroxylation is 2. The van der Waals surface area contributed by atoms with E-state index in [-0.39, 0.29) is 11.3 Å². The van der Waals surface area contributed by atoms with Gasteiger partial charge in [0.05, 0.1) is 17.2 Å². The van der Waals surface area contributed by atoms with Crippen LogP contribution in [-0.4, -0.2) is 35.2 Å². The highest BCUT2D eigenvalue weighted by Crippen LogP contribution is 2.23. The van der Waals surface area contributed by atoms with Gasteiger partial charge in [-0.15, -0.1) is 0 Å². The molecule has 2 rings (SSSR count). The number of hydrogen-bond acceptors (Lipinski definition) is 4. The highest BCUT2D eigenvalue weighted by atomic mass is 32.2. The van der Waals surface area contributed by atoms with Gasteiger partial charge in [0, 0.05) is 30.9 Å². The SMILES string of the molecule is CCc1nn(C)cc1CNC1(C)CCS(=O)(=O)C1. The van der Waals surface area contributed by atoms with Gasteiger partial charge in [-0.05, 0) is 19.8 Å². The minimum Gasteiger partial charge on any atom is -0.306 e. The van der Waals surface area contributed by atoms with Crippen LogP contribution in [0.3, 0.4) is 0 Å². The molecule has 1 N–H and O–H groups in total. The Kier molecular flexibility index (Phi) is 3.51. The van der Waals surface area contributed by atoms with Crippen LogP contribution in [0.4, 0.5) is 0 Å². The quantitative estimate of drug-likeness (QED) is 0.873. The molecule has 0 spiro atoms. The van der Waals surface area contributed by atoms with Gasteiger partial charge in [0.15, 0.2) is 9.84 Å². The Morgan fingerprint density at radius 2 is 2.28 bits per heavy atom. The predicted octanol–water partition coefficient (Wildman–Crippen LogP) is 0.649. The normalized spacial score (nSPS) is 26.6. The summed E-state index contributed by atoms with van der Waals surface area (Å²) in [6.45, 7) is 4.75. The third-order valence-electron chi connectivity index (χ3n) is 3.54. The number of sulfone groups is 1. The Morgan fingerprint density at radius 3 is 2.83 bits per heavy atom. The average Bonchev–Trinajstić information content (AvgIpc) is 2.77. The van der Waals surface area contributed by atoms with Crippen LogP contribution in [0.15, 0.2) is 6.20 Å². The monoisotopic (exact) mass is 271 g/mol. The average molecular weight is 271 g/mol. The summed E-state index contributed by atoms with van der Waals surface area (Å²) in [6, 6.07) is 0. The highest BCUT2D eigenvalue weighted by Gasteiger charge is 2.37.